The lowest BCUT2D eigenvalue weighted by molar-refractivity contribution is 0.750. The van der Waals surface area contributed by atoms with Crippen molar-refractivity contribution >= 4 is 5.69 Å². The van der Waals surface area contributed by atoms with Crippen molar-refractivity contribution in [1.82, 2.24) is 15.0 Å². The Kier molecular flexibility index (Phi) is 3.55. The van der Waals surface area contributed by atoms with Gasteiger partial charge in [-0.15, -0.1) is 0 Å². The van der Waals surface area contributed by atoms with Crippen LogP contribution in [0.4, 0.5) is 5.69 Å². The molecule has 0 unspecified atom stereocenters. The standard InChI is InChI=1S/C14H18N4/c1-9(2)13-16-10(3)17-14(18-13)11-6-5-7-12(8-11)15-4/h5-9,15H,1-4H3. The fourth-order valence-electron chi connectivity index (χ4n) is 1.70. The van der Waals surface area contributed by atoms with E-state index in [1.165, 1.54) is 0 Å². The van der Waals surface area contributed by atoms with Gasteiger partial charge in [0.1, 0.15) is 11.6 Å². The fraction of sp³-hybridized carbons (Fsp3) is 0.357. The molecule has 0 atom stereocenters. The first-order chi connectivity index (χ1) is 8.60. The molecule has 0 amide bonds. The van der Waals surface area contributed by atoms with Gasteiger partial charge in [-0.3, -0.25) is 0 Å². The third kappa shape index (κ3) is 2.64. The van der Waals surface area contributed by atoms with E-state index in [0.717, 1.165) is 28.7 Å². The molecule has 1 heterocycles. The quantitative estimate of drug-likeness (QED) is 0.898. The van der Waals surface area contributed by atoms with Gasteiger partial charge >= 0.3 is 0 Å². The summed E-state index contributed by atoms with van der Waals surface area (Å²) in [6.45, 7) is 6.07. The van der Waals surface area contributed by atoms with Crippen LogP contribution in [0, 0.1) is 6.92 Å². The Morgan fingerprint density at radius 2 is 1.89 bits per heavy atom. The Morgan fingerprint density at radius 1 is 1.11 bits per heavy atom. The first-order valence-electron chi connectivity index (χ1n) is 6.11. The summed E-state index contributed by atoms with van der Waals surface area (Å²) in [4.78, 5) is 13.3. The second-order valence-corrected chi connectivity index (χ2v) is 4.55. The van der Waals surface area contributed by atoms with E-state index >= 15 is 0 Å². The SMILES string of the molecule is CNc1cccc(-c2nc(C)nc(C(C)C)n2)c1. The molecule has 0 aliphatic heterocycles. The Hall–Kier alpha value is -1.97. The number of nitrogens with zero attached hydrogens (tertiary/aromatic N) is 3. The third-order valence-corrected chi connectivity index (χ3v) is 2.69. The molecule has 0 aliphatic rings. The van der Waals surface area contributed by atoms with Crippen LogP contribution in [0.3, 0.4) is 0 Å². The van der Waals surface area contributed by atoms with Gasteiger partial charge in [0.15, 0.2) is 5.82 Å². The Bertz CT molecular complexity index is 549. The summed E-state index contributed by atoms with van der Waals surface area (Å²) in [7, 11) is 1.90. The van der Waals surface area contributed by atoms with Gasteiger partial charge in [-0.25, -0.2) is 15.0 Å². The van der Waals surface area contributed by atoms with Gasteiger partial charge in [0.2, 0.25) is 0 Å². The van der Waals surface area contributed by atoms with Crippen molar-refractivity contribution in [3.8, 4) is 11.4 Å². The molecule has 0 bridgehead atoms. The minimum absolute atomic E-state index is 0.304. The molecule has 0 aliphatic carbocycles. The van der Waals surface area contributed by atoms with Crippen LogP contribution in [0.2, 0.25) is 0 Å². The zero-order valence-corrected chi connectivity index (χ0v) is 11.2. The first kappa shape index (κ1) is 12.5. The smallest absolute Gasteiger partial charge is 0.163 e. The Balaban J connectivity index is 2.49. The van der Waals surface area contributed by atoms with E-state index in [9.17, 15) is 0 Å². The minimum Gasteiger partial charge on any atom is -0.388 e. The van der Waals surface area contributed by atoms with Gasteiger partial charge < -0.3 is 5.32 Å². The summed E-state index contributed by atoms with van der Waals surface area (Å²) >= 11 is 0. The van der Waals surface area contributed by atoms with E-state index in [4.69, 9.17) is 0 Å². The van der Waals surface area contributed by atoms with Crippen LogP contribution in [0.1, 0.15) is 31.4 Å². The maximum absolute atomic E-state index is 4.53. The monoisotopic (exact) mass is 242 g/mol. The summed E-state index contributed by atoms with van der Waals surface area (Å²) in [5, 5.41) is 3.12. The van der Waals surface area contributed by atoms with Crippen molar-refractivity contribution < 1.29 is 0 Å². The number of rotatable bonds is 3. The highest BCUT2D eigenvalue weighted by Gasteiger charge is 2.09. The lowest BCUT2D eigenvalue weighted by Crippen LogP contribution is -2.04. The van der Waals surface area contributed by atoms with Crippen molar-refractivity contribution in [2.45, 2.75) is 26.7 Å². The molecule has 0 saturated carbocycles. The van der Waals surface area contributed by atoms with Crippen LogP contribution in [-0.2, 0) is 0 Å². The van der Waals surface area contributed by atoms with E-state index in [-0.39, 0.29) is 0 Å². The molecular weight excluding hydrogens is 224 g/mol. The van der Waals surface area contributed by atoms with Gasteiger partial charge in [-0.05, 0) is 19.1 Å². The van der Waals surface area contributed by atoms with Crippen molar-refractivity contribution in [3.63, 3.8) is 0 Å². The lowest BCUT2D eigenvalue weighted by Gasteiger charge is -2.08. The molecule has 0 saturated heterocycles. The topological polar surface area (TPSA) is 50.7 Å². The van der Waals surface area contributed by atoms with Crippen LogP contribution in [-0.4, -0.2) is 22.0 Å². The zero-order valence-electron chi connectivity index (χ0n) is 11.2. The maximum Gasteiger partial charge on any atom is 0.163 e. The number of benzene rings is 1. The average Bonchev–Trinajstić information content (AvgIpc) is 2.38. The maximum atomic E-state index is 4.53. The molecule has 0 fully saturated rings. The molecule has 0 radical (unpaired) electrons. The number of aromatic nitrogens is 3. The number of nitrogens with one attached hydrogen (secondary N) is 1. The van der Waals surface area contributed by atoms with Crippen LogP contribution >= 0.6 is 0 Å². The molecule has 18 heavy (non-hydrogen) atoms. The average molecular weight is 242 g/mol. The van der Waals surface area contributed by atoms with E-state index in [0.29, 0.717) is 5.92 Å². The van der Waals surface area contributed by atoms with Gasteiger partial charge in [0, 0.05) is 24.2 Å². The molecule has 1 aromatic heterocycles. The van der Waals surface area contributed by atoms with Crippen LogP contribution < -0.4 is 5.32 Å². The number of aryl methyl sites for hydroxylation is 1. The van der Waals surface area contributed by atoms with Crippen LogP contribution in [0.15, 0.2) is 24.3 Å². The first-order valence-corrected chi connectivity index (χ1v) is 6.11. The highest BCUT2D eigenvalue weighted by molar-refractivity contribution is 5.62. The van der Waals surface area contributed by atoms with E-state index in [2.05, 4.69) is 34.1 Å². The third-order valence-electron chi connectivity index (χ3n) is 2.69. The molecule has 1 N–H and O–H groups in total. The molecule has 4 nitrogen and oxygen atoms in total. The summed E-state index contributed by atoms with van der Waals surface area (Å²) in [6.07, 6.45) is 0. The number of hydrogen-bond donors (Lipinski definition) is 1. The zero-order chi connectivity index (χ0) is 13.1. The van der Waals surface area contributed by atoms with Crippen molar-refractivity contribution in [2.75, 3.05) is 12.4 Å². The van der Waals surface area contributed by atoms with Gasteiger partial charge in [-0.2, -0.15) is 0 Å². The van der Waals surface area contributed by atoms with Crippen molar-refractivity contribution in [2.24, 2.45) is 0 Å². The van der Waals surface area contributed by atoms with Crippen LogP contribution in [0.5, 0.6) is 0 Å². The van der Waals surface area contributed by atoms with Crippen molar-refractivity contribution in [1.29, 1.82) is 0 Å². The molecule has 2 aromatic rings. The summed E-state index contributed by atoms with van der Waals surface area (Å²) in [5.41, 5.74) is 2.06. The van der Waals surface area contributed by atoms with Crippen molar-refractivity contribution in [3.05, 3.63) is 35.9 Å². The lowest BCUT2D eigenvalue weighted by atomic mass is 10.1. The summed E-state index contributed by atoms with van der Waals surface area (Å²) in [6, 6.07) is 8.06. The van der Waals surface area contributed by atoms with Crippen LogP contribution in [0.25, 0.3) is 11.4 Å². The second kappa shape index (κ2) is 5.12. The molecular formula is C14H18N4. The molecule has 2 rings (SSSR count). The summed E-state index contributed by atoms with van der Waals surface area (Å²) in [5.74, 6) is 2.65. The van der Waals surface area contributed by atoms with E-state index in [1.54, 1.807) is 0 Å². The van der Waals surface area contributed by atoms with Gasteiger partial charge in [-0.1, -0.05) is 26.0 Å². The Labute approximate surface area is 108 Å². The minimum atomic E-state index is 0.304. The highest BCUT2D eigenvalue weighted by Crippen LogP contribution is 2.20. The van der Waals surface area contributed by atoms with E-state index < -0.39 is 0 Å². The largest absolute Gasteiger partial charge is 0.388 e. The molecule has 94 valence electrons. The molecule has 1 aromatic carbocycles. The fourth-order valence-corrected chi connectivity index (χ4v) is 1.70. The normalized spacial score (nSPS) is 10.7. The molecule has 0 spiro atoms. The van der Waals surface area contributed by atoms with Gasteiger partial charge in [0.05, 0.1) is 0 Å². The van der Waals surface area contributed by atoms with E-state index in [1.807, 2.05) is 38.2 Å². The number of anilines is 1. The second-order valence-electron chi connectivity index (χ2n) is 4.55. The summed E-state index contributed by atoms with van der Waals surface area (Å²) < 4.78 is 0. The predicted molar refractivity (Wildman–Crippen MR) is 73.6 cm³/mol. The molecule has 4 heteroatoms. The number of hydrogen-bond acceptors (Lipinski definition) is 4. The highest BCUT2D eigenvalue weighted by atomic mass is 15.0. The van der Waals surface area contributed by atoms with Gasteiger partial charge in [0.25, 0.3) is 0 Å². The Morgan fingerprint density at radius 3 is 2.56 bits per heavy atom. The predicted octanol–water partition coefficient (Wildman–Crippen LogP) is 3.01.